The molecule has 0 saturated heterocycles. The van der Waals surface area contributed by atoms with E-state index in [1.165, 1.54) is 24.3 Å². The largest absolute Gasteiger partial charge is 0.382 e. The molecule has 4 rings (SSSR count). The van der Waals surface area contributed by atoms with Crippen molar-refractivity contribution < 1.29 is 13.6 Å². The average Bonchev–Trinajstić information content (AvgIpc) is 3.11. The normalized spacial score (nSPS) is 10.9. The standard InChI is InChI=1S/C21H18F2N6O/c22-15-9-13(6-4-12(15)10-24)26-21(30)27-17-7-5-11(8-16(17)23)14-2-1-3-18-19(14)20(25)29-28-18/h1-9H,10,24H2,(H3,25,28,29)(H2,26,27,30). The van der Waals surface area contributed by atoms with Gasteiger partial charge in [-0.2, -0.15) is 5.10 Å². The van der Waals surface area contributed by atoms with E-state index in [1.807, 2.05) is 18.2 Å². The van der Waals surface area contributed by atoms with Crippen LogP contribution < -0.4 is 22.1 Å². The predicted molar refractivity (Wildman–Crippen MR) is 113 cm³/mol. The molecule has 0 spiro atoms. The number of hydrogen-bond donors (Lipinski definition) is 5. The zero-order chi connectivity index (χ0) is 21.3. The van der Waals surface area contributed by atoms with E-state index in [0.29, 0.717) is 27.9 Å². The van der Waals surface area contributed by atoms with Crippen molar-refractivity contribution in [3.8, 4) is 11.1 Å². The number of nitrogen functional groups attached to an aromatic ring is 1. The summed E-state index contributed by atoms with van der Waals surface area (Å²) in [4.78, 5) is 12.2. The summed E-state index contributed by atoms with van der Waals surface area (Å²) in [6.45, 7) is 0.0497. The van der Waals surface area contributed by atoms with Crippen molar-refractivity contribution in [2.75, 3.05) is 16.4 Å². The van der Waals surface area contributed by atoms with E-state index in [1.54, 1.807) is 6.07 Å². The van der Waals surface area contributed by atoms with Gasteiger partial charge in [-0.05, 0) is 41.5 Å². The Labute approximate surface area is 170 Å². The van der Waals surface area contributed by atoms with Crippen LogP contribution in [0.5, 0.6) is 0 Å². The number of H-pyrrole nitrogens is 1. The van der Waals surface area contributed by atoms with Crippen LogP contribution in [-0.2, 0) is 6.54 Å². The molecule has 0 bridgehead atoms. The van der Waals surface area contributed by atoms with Crippen LogP contribution >= 0.6 is 0 Å². The van der Waals surface area contributed by atoms with Gasteiger partial charge in [-0.1, -0.05) is 24.3 Å². The van der Waals surface area contributed by atoms with Crippen molar-refractivity contribution in [1.29, 1.82) is 0 Å². The molecule has 1 aromatic heterocycles. The number of urea groups is 1. The highest BCUT2D eigenvalue weighted by molar-refractivity contribution is 6.02. The lowest BCUT2D eigenvalue weighted by Crippen LogP contribution is -2.20. The second-order valence-electron chi connectivity index (χ2n) is 6.62. The number of benzene rings is 3. The topological polar surface area (TPSA) is 122 Å². The van der Waals surface area contributed by atoms with Gasteiger partial charge in [-0.15, -0.1) is 0 Å². The summed E-state index contributed by atoms with van der Waals surface area (Å²) in [5.74, 6) is -0.847. The maximum absolute atomic E-state index is 14.7. The molecule has 4 aromatic rings. The van der Waals surface area contributed by atoms with E-state index in [0.717, 1.165) is 11.6 Å². The molecular formula is C21H18F2N6O. The summed E-state index contributed by atoms with van der Waals surface area (Å²) in [6, 6.07) is 13.3. The summed E-state index contributed by atoms with van der Waals surface area (Å²) in [5.41, 5.74) is 13.9. The number of hydrogen-bond acceptors (Lipinski definition) is 4. The smallest absolute Gasteiger partial charge is 0.323 e. The van der Waals surface area contributed by atoms with E-state index in [9.17, 15) is 13.6 Å². The minimum absolute atomic E-state index is 0.0253. The first-order valence-electron chi connectivity index (χ1n) is 9.05. The molecule has 0 unspecified atom stereocenters. The molecule has 0 aliphatic heterocycles. The minimum atomic E-state index is -0.706. The number of carbonyl (C=O) groups is 1. The highest BCUT2D eigenvalue weighted by Gasteiger charge is 2.13. The number of carbonyl (C=O) groups excluding carboxylic acids is 1. The fourth-order valence-corrected chi connectivity index (χ4v) is 3.20. The zero-order valence-electron chi connectivity index (χ0n) is 15.7. The van der Waals surface area contributed by atoms with Crippen LogP contribution in [0.1, 0.15) is 5.56 Å². The van der Waals surface area contributed by atoms with Crippen molar-refractivity contribution in [2.24, 2.45) is 5.73 Å². The van der Waals surface area contributed by atoms with Gasteiger partial charge in [-0.25, -0.2) is 13.6 Å². The lowest BCUT2D eigenvalue weighted by atomic mass is 10.0. The van der Waals surface area contributed by atoms with Crippen molar-refractivity contribution >= 4 is 34.1 Å². The van der Waals surface area contributed by atoms with Crippen LogP contribution in [0.25, 0.3) is 22.0 Å². The zero-order valence-corrected chi connectivity index (χ0v) is 15.7. The molecule has 9 heteroatoms. The summed E-state index contributed by atoms with van der Waals surface area (Å²) in [5, 5.41) is 12.4. The highest BCUT2D eigenvalue weighted by Crippen LogP contribution is 2.32. The summed E-state index contributed by atoms with van der Waals surface area (Å²) in [7, 11) is 0. The van der Waals surface area contributed by atoms with Crippen molar-refractivity contribution in [2.45, 2.75) is 6.54 Å². The Morgan fingerprint density at radius 3 is 2.60 bits per heavy atom. The molecule has 1 heterocycles. The van der Waals surface area contributed by atoms with Gasteiger partial charge in [0.15, 0.2) is 5.82 Å². The molecule has 152 valence electrons. The average molecular weight is 408 g/mol. The summed E-state index contributed by atoms with van der Waals surface area (Å²) in [6.07, 6.45) is 0. The molecule has 7 nitrogen and oxygen atoms in total. The lowest BCUT2D eigenvalue weighted by molar-refractivity contribution is 0.262. The summed E-state index contributed by atoms with van der Waals surface area (Å²) < 4.78 is 28.4. The number of aromatic nitrogens is 2. The number of amides is 2. The summed E-state index contributed by atoms with van der Waals surface area (Å²) >= 11 is 0. The van der Waals surface area contributed by atoms with Crippen LogP contribution in [0.15, 0.2) is 54.6 Å². The number of aromatic amines is 1. The van der Waals surface area contributed by atoms with Gasteiger partial charge >= 0.3 is 6.03 Å². The maximum Gasteiger partial charge on any atom is 0.323 e. The van der Waals surface area contributed by atoms with Crippen LogP contribution in [-0.4, -0.2) is 16.2 Å². The Hall–Kier alpha value is -3.98. The Morgan fingerprint density at radius 1 is 1.03 bits per heavy atom. The van der Waals surface area contributed by atoms with Gasteiger partial charge in [0.1, 0.15) is 11.6 Å². The van der Waals surface area contributed by atoms with Crippen molar-refractivity contribution in [3.63, 3.8) is 0 Å². The van der Waals surface area contributed by atoms with Gasteiger partial charge in [0, 0.05) is 17.8 Å². The van der Waals surface area contributed by atoms with Crippen LogP contribution in [0, 0.1) is 11.6 Å². The van der Waals surface area contributed by atoms with Crippen LogP contribution in [0.3, 0.4) is 0 Å². The Bertz CT molecular complexity index is 1250. The van der Waals surface area contributed by atoms with Gasteiger partial charge in [-0.3, -0.25) is 5.10 Å². The molecule has 2 amide bonds. The molecule has 0 fully saturated rings. The first-order chi connectivity index (χ1) is 14.5. The molecule has 0 radical (unpaired) electrons. The third-order valence-electron chi connectivity index (χ3n) is 4.68. The molecule has 3 aromatic carbocycles. The molecule has 0 saturated carbocycles. The molecule has 7 N–H and O–H groups in total. The Kier molecular flexibility index (Phi) is 5.03. The number of fused-ring (bicyclic) bond motifs is 1. The molecule has 30 heavy (non-hydrogen) atoms. The second kappa shape index (κ2) is 7.80. The third-order valence-corrected chi connectivity index (χ3v) is 4.68. The van der Waals surface area contributed by atoms with E-state index >= 15 is 0 Å². The first kappa shape index (κ1) is 19.3. The lowest BCUT2D eigenvalue weighted by Gasteiger charge is -2.11. The van der Waals surface area contributed by atoms with Crippen LogP contribution in [0.2, 0.25) is 0 Å². The number of nitrogens with two attached hydrogens (primary N) is 2. The Balaban J connectivity index is 1.54. The van der Waals surface area contributed by atoms with E-state index in [2.05, 4.69) is 20.8 Å². The maximum atomic E-state index is 14.7. The number of halogens is 2. The van der Waals surface area contributed by atoms with Gasteiger partial charge < -0.3 is 22.1 Å². The van der Waals surface area contributed by atoms with Gasteiger partial charge in [0.25, 0.3) is 0 Å². The minimum Gasteiger partial charge on any atom is -0.382 e. The van der Waals surface area contributed by atoms with E-state index in [-0.39, 0.29) is 17.9 Å². The SMILES string of the molecule is NCc1ccc(NC(=O)Nc2ccc(-c3cccc4[nH]nc(N)c34)cc2F)cc1F. The van der Waals surface area contributed by atoms with Gasteiger partial charge in [0.2, 0.25) is 0 Å². The number of nitrogens with zero attached hydrogens (tertiary/aromatic N) is 1. The monoisotopic (exact) mass is 408 g/mol. The number of nitrogens with one attached hydrogen (secondary N) is 3. The fourth-order valence-electron chi connectivity index (χ4n) is 3.20. The predicted octanol–water partition coefficient (Wildman–Crippen LogP) is 4.19. The van der Waals surface area contributed by atoms with E-state index < -0.39 is 17.7 Å². The first-order valence-corrected chi connectivity index (χ1v) is 9.05. The highest BCUT2D eigenvalue weighted by atomic mass is 19.1. The second-order valence-corrected chi connectivity index (χ2v) is 6.62. The number of anilines is 3. The van der Waals surface area contributed by atoms with Crippen molar-refractivity contribution in [1.82, 2.24) is 10.2 Å². The number of rotatable bonds is 4. The quantitative estimate of drug-likeness (QED) is 0.347. The van der Waals surface area contributed by atoms with Gasteiger partial charge in [0.05, 0.1) is 16.6 Å². The Morgan fingerprint density at radius 2 is 1.87 bits per heavy atom. The molecule has 0 aliphatic rings. The third kappa shape index (κ3) is 3.65. The van der Waals surface area contributed by atoms with E-state index in [4.69, 9.17) is 11.5 Å². The van der Waals surface area contributed by atoms with Crippen LogP contribution in [0.4, 0.5) is 30.8 Å². The molecule has 0 aliphatic carbocycles. The molecular weight excluding hydrogens is 390 g/mol. The van der Waals surface area contributed by atoms with Crippen molar-refractivity contribution in [3.05, 3.63) is 71.8 Å². The fraction of sp³-hybridized carbons (Fsp3) is 0.0476. The molecule has 0 atom stereocenters.